The molecule has 1 aromatic heterocycles. The van der Waals surface area contributed by atoms with Gasteiger partial charge in [0.25, 0.3) is 0 Å². The molecule has 1 heterocycles. The third-order valence-corrected chi connectivity index (χ3v) is 2.22. The van der Waals surface area contributed by atoms with Crippen molar-refractivity contribution in [2.24, 2.45) is 14.1 Å². The molecule has 0 aliphatic carbocycles. The van der Waals surface area contributed by atoms with Crippen LogP contribution in [0.1, 0.15) is 11.4 Å². The molecule has 0 saturated carbocycles. The fourth-order valence-corrected chi connectivity index (χ4v) is 1.05. The Morgan fingerprint density at radius 2 is 1.90 bits per heavy atom. The van der Waals surface area contributed by atoms with E-state index in [2.05, 4.69) is 13.8 Å². The second-order valence-electron chi connectivity index (χ2n) is 2.65. The molecule has 0 amide bonds. The Bertz CT molecular complexity index is 183. The fourth-order valence-electron chi connectivity index (χ4n) is 1.05. The zero-order valence-corrected chi connectivity index (χ0v) is 6.97. The molecule has 0 bridgehead atoms. The molecule has 0 aliphatic heterocycles. The first-order chi connectivity index (χ1) is 4.55. The SMILES string of the molecule is [B]c1n(C)c(C)c(C)[n+]1C. The van der Waals surface area contributed by atoms with Gasteiger partial charge in [-0.2, -0.15) is 0 Å². The maximum Gasteiger partial charge on any atom is 0.239 e. The third kappa shape index (κ3) is 0.771. The molecule has 0 atom stereocenters. The van der Waals surface area contributed by atoms with Crippen molar-refractivity contribution in [1.29, 1.82) is 0 Å². The summed E-state index contributed by atoms with van der Waals surface area (Å²) in [4.78, 5) is 0. The van der Waals surface area contributed by atoms with Gasteiger partial charge >= 0.3 is 0 Å². The molecular weight excluding hydrogens is 123 g/mol. The van der Waals surface area contributed by atoms with Gasteiger partial charge in [-0.1, -0.05) is 0 Å². The van der Waals surface area contributed by atoms with Crippen LogP contribution in [-0.4, -0.2) is 12.4 Å². The van der Waals surface area contributed by atoms with Gasteiger partial charge in [0, 0.05) is 13.8 Å². The van der Waals surface area contributed by atoms with E-state index < -0.39 is 0 Å². The van der Waals surface area contributed by atoms with Crippen LogP contribution in [0.2, 0.25) is 0 Å². The zero-order valence-electron chi connectivity index (χ0n) is 6.97. The molecule has 10 heavy (non-hydrogen) atoms. The molecule has 1 rings (SSSR count). The number of hydrogen-bond acceptors (Lipinski definition) is 0. The van der Waals surface area contributed by atoms with Crippen molar-refractivity contribution in [2.75, 3.05) is 0 Å². The van der Waals surface area contributed by atoms with Crippen LogP contribution in [0.4, 0.5) is 0 Å². The number of hydrogen-bond donors (Lipinski definition) is 0. The molecule has 2 nitrogen and oxygen atoms in total. The zero-order chi connectivity index (χ0) is 7.89. The van der Waals surface area contributed by atoms with E-state index in [9.17, 15) is 0 Å². The Morgan fingerprint density at radius 3 is 2.00 bits per heavy atom. The first kappa shape index (κ1) is 7.38. The Hall–Kier alpha value is -0.725. The average molecular weight is 135 g/mol. The van der Waals surface area contributed by atoms with Gasteiger partial charge < -0.3 is 0 Å². The van der Waals surface area contributed by atoms with E-state index in [4.69, 9.17) is 7.85 Å². The van der Waals surface area contributed by atoms with E-state index in [0.717, 1.165) is 5.72 Å². The predicted octanol–water partition coefficient (Wildman–Crippen LogP) is -0.740. The average Bonchev–Trinajstić information content (AvgIpc) is 2.07. The maximum atomic E-state index is 5.73. The van der Waals surface area contributed by atoms with Crippen LogP contribution in [0.3, 0.4) is 0 Å². The summed E-state index contributed by atoms with van der Waals surface area (Å²) < 4.78 is 3.96. The fraction of sp³-hybridized carbons (Fsp3) is 0.571. The minimum Gasteiger partial charge on any atom is -0.245 e. The van der Waals surface area contributed by atoms with Gasteiger partial charge in [-0.25, -0.2) is 9.13 Å². The molecule has 0 saturated heterocycles. The summed E-state index contributed by atoms with van der Waals surface area (Å²) in [6.07, 6.45) is 0. The Morgan fingerprint density at radius 1 is 1.40 bits per heavy atom. The molecule has 0 N–H and O–H groups in total. The predicted molar refractivity (Wildman–Crippen MR) is 41.5 cm³/mol. The summed E-state index contributed by atoms with van der Waals surface area (Å²) in [5.74, 6) is 0. The minimum atomic E-state index is 0.801. The van der Waals surface area contributed by atoms with Crippen LogP contribution in [0.15, 0.2) is 0 Å². The van der Waals surface area contributed by atoms with Gasteiger partial charge in [-0.3, -0.25) is 0 Å². The molecule has 0 aliphatic rings. The molecule has 1 aromatic rings. The minimum absolute atomic E-state index is 0.801. The van der Waals surface area contributed by atoms with Crippen molar-refractivity contribution in [1.82, 2.24) is 4.57 Å². The lowest BCUT2D eigenvalue weighted by Crippen LogP contribution is -2.47. The summed E-state index contributed by atoms with van der Waals surface area (Å²) in [7, 11) is 9.67. The van der Waals surface area contributed by atoms with Gasteiger partial charge in [0.1, 0.15) is 11.4 Å². The molecular formula is C7H12BN2+. The van der Waals surface area contributed by atoms with Crippen LogP contribution in [-0.2, 0) is 14.1 Å². The van der Waals surface area contributed by atoms with Gasteiger partial charge in [0.2, 0.25) is 7.85 Å². The Kier molecular flexibility index (Phi) is 1.59. The first-order valence-electron chi connectivity index (χ1n) is 3.33. The van der Waals surface area contributed by atoms with E-state index in [-0.39, 0.29) is 0 Å². The second kappa shape index (κ2) is 2.15. The van der Waals surface area contributed by atoms with Gasteiger partial charge in [0.05, 0.1) is 14.1 Å². The summed E-state index contributed by atoms with van der Waals surface area (Å²) >= 11 is 0. The number of nitrogens with zero attached hydrogens (tertiary/aromatic N) is 2. The summed E-state index contributed by atoms with van der Waals surface area (Å²) in [5, 5.41) is 0. The van der Waals surface area contributed by atoms with Gasteiger partial charge in [-0.05, 0) is 0 Å². The lowest BCUT2D eigenvalue weighted by molar-refractivity contribution is -0.659. The summed E-state index contributed by atoms with van der Waals surface area (Å²) in [5.41, 5.74) is 3.25. The normalized spacial score (nSPS) is 10.4. The standard InChI is InChI=1S/C7H12BN2/c1-5-6(2)10(4)7(8)9(5)3/h1-4H3/q+1. The molecule has 0 unspecified atom stereocenters. The summed E-state index contributed by atoms with van der Waals surface area (Å²) in [6, 6.07) is 0. The number of rotatable bonds is 0. The lowest BCUT2D eigenvalue weighted by Gasteiger charge is -1.88. The van der Waals surface area contributed by atoms with Crippen LogP contribution in [0.25, 0.3) is 0 Å². The molecule has 0 spiro atoms. The van der Waals surface area contributed by atoms with Crippen molar-refractivity contribution in [3.63, 3.8) is 0 Å². The van der Waals surface area contributed by atoms with E-state index in [0.29, 0.717) is 0 Å². The van der Waals surface area contributed by atoms with E-state index in [1.54, 1.807) is 0 Å². The topological polar surface area (TPSA) is 8.81 Å². The molecule has 0 aromatic carbocycles. The molecule has 2 radical (unpaired) electrons. The van der Waals surface area contributed by atoms with Crippen LogP contribution >= 0.6 is 0 Å². The van der Waals surface area contributed by atoms with Crippen molar-refractivity contribution < 1.29 is 4.57 Å². The van der Waals surface area contributed by atoms with Crippen molar-refractivity contribution in [3.05, 3.63) is 11.4 Å². The van der Waals surface area contributed by atoms with E-state index in [1.807, 2.05) is 23.2 Å². The number of imidazole rings is 1. The Labute approximate surface area is 62.9 Å². The van der Waals surface area contributed by atoms with Crippen molar-refractivity contribution in [3.8, 4) is 0 Å². The highest BCUT2D eigenvalue weighted by molar-refractivity contribution is 6.28. The first-order valence-corrected chi connectivity index (χ1v) is 3.33. The largest absolute Gasteiger partial charge is 0.245 e. The van der Waals surface area contributed by atoms with E-state index >= 15 is 0 Å². The van der Waals surface area contributed by atoms with Gasteiger partial charge in [0.15, 0.2) is 5.72 Å². The highest BCUT2D eigenvalue weighted by Crippen LogP contribution is 1.95. The quantitative estimate of drug-likeness (QED) is 0.327. The molecule has 0 fully saturated rings. The van der Waals surface area contributed by atoms with E-state index in [1.165, 1.54) is 11.4 Å². The second-order valence-corrected chi connectivity index (χ2v) is 2.65. The van der Waals surface area contributed by atoms with Crippen LogP contribution in [0, 0.1) is 13.8 Å². The Balaban J connectivity index is 3.44. The number of aromatic nitrogens is 2. The van der Waals surface area contributed by atoms with Crippen molar-refractivity contribution in [2.45, 2.75) is 13.8 Å². The maximum absolute atomic E-state index is 5.73. The van der Waals surface area contributed by atoms with Crippen molar-refractivity contribution >= 4 is 13.6 Å². The highest BCUT2D eigenvalue weighted by atomic mass is 15.1. The smallest absolute Gasteiger partial charge is 0.239 e. The summed E-state index contributed by atoms with van der Waals surface area (Å²) in [6.45, 7) is 4.12. The molecule has 3 heteroatoms. The molecule has 52 valence electrons. The monoisotopic (exact) mass is 135 g/mol. The third-order valence-electron chi connectivity index (χ3n) is 2.22. The van der Waals surface area contributed by atoms with Crippen LogP contribution < -0.4 is 10.3 Å². The van der Waals surface area contributed by atoms with Gasteiger partial charge in [-0.15, -0.1) is 0 Å². The van der Waals surface area contributed by atoms with Crippen LogP contribution in [0.5, 0.6) is 0 Å². The highest BCUT2D eigenvalue weighted by Gasteiger charge is 2.14. The lowest BCUT2D eigenvalue weighted by atomic mass is 10.1.